The highest BCUT2D eigenvalue weighted by molar-refractivity contribution is 5.39. The second-order valence-electron chi connectivity index (χ2n) is 4.89. The molecule has 0 amide bonds. The van der Waals surface area contributed by atoms with Gasteiger partial charge in [-0.25, -0.2) is 4.98 Å². The molecule has 0 spiro atoms. The Morgan fingerprint density at radius 1 is 1.47 bits per heavy atom. The van der Waals surface area contributed by atoms with E-state index >= 15 is 0 Å². The highest BCUT2D eigenvalue weighted by atomic mass is 16.5. The van der Waals surface area contributed by atoms with Crippen molar-refractivity contribution in [2.45, 2.75) is 44.6 Å². The summed E-state index contributed by atoms with van der Waals surface area (Å²) in [5.74, 6) is 2.05. The third-order valence-electron chi connectivity index (χ3n) is 3.56. The van der Waals surface area contributed by atoms with Crippen molar-refractivity contribution in [3.63, 3.8) is 0 Å². The molecule has 0 aromatic carbocycles. The van der Waals surface area contributed by atoms with Gasteiger partial charge in [0.2, 0.25) is 11.7 Å². The second-order valence-corrected chi connectivity index (χ2v) is 4.89. The van der Waals surface area contributed by atoms with E-state index in [1.54, 1.807) is 0 Å². The molecular weight excluding hydrogens is 244 g/mol. The van der Waals surface area contributed by atoms with Gasteiger partial charge in [-0.05, 0) is 25.8 Å². The number of H-pyrrole nitrogens is 1. The Morgan fingerprint density at radius 2 is 2.42 bits per heavy atom. The standard InChI is InChI=1S/C12H18N6O/c1-2-6-13-9-5-3-4-8(9)12-16-11(18-19-12)10-14-7-15-17-10/h7-9,13H,2-6H2,1H3,(H,14,15,17). The Bertz CT molecular complexity index is 508. The van der Waals surface area contributed by atoms with Crippen molar-refractivity contribution in [1.29, 1.82) is 0 Å². The summed E-state index contributed by atoms with van der Waals surface area (Å²) in [4.78, 5) is 8.47. The van der Waals surface area contributed by atoms with E-state index in [1.165, 1.54) is 19.2 Å². The molecule has 1 fully saturated rings. The van der Waals surface area contributed by atoms with Crippen molar-refractivity contribution in [3.05, 3.63) is 12.2 Å². The molecule has 0 radical (unpaired) electrons. The quantitative estimate of drug-likeness (QED) is 0.848. The van der Waals surface area contributed by atoms with Gasteiger partial charge < -0.3 is 9.84 Å². The van der Waals surface area contributed by atoms with Crippen LogP contribution in [0.15, 0.2) is 10.9 Å². The van der Waals surface area contributed by atoms with Gasteiger partial charge in [0.25, 0.3) is 0 Å². The molecule has 2 atom stereocenters. The van der Waals surface area contributed by atoms with Crippen LogP contribution in [0, 0.1) is 0 Å². The SMILES string of the molecule is CCCNC1CCCC1c1nc(-c2ncn[nH]2)no1. The Hall–Kier alpha value is -1.76. The van der Waals surface area contributed by atoms with Crippen LogP contribution in [0.1, 0.15) is 44.4 Å². The molecule has 2 unspecified atom stereocenters. The normalized spacial score (nSPS) is 23.0. The maximum Gasteiger partial charge on any atom is 0.239 e. The van der Waals surface area contributed by atoms with Crippen molar-refractivity contribution < 1.29 is 4.52 Å². The van der Waals surface area contributed by atoms with Crippen LogP contribution in [-0.4, -0.2) is 37.9 Å². The molecule has 0 bridgehead atoms. The van der Waals surface area contributed by atoms with Crippen molar-refractivity contribution in [1.82, 2.24) is 30.6 Å². The minimum atomic E-state index is 0.315. The number of nitrogens with one attached hydrogen (secondary N) is 2. The highest BCUT2D eigenvalue weighted by Gasteiger charge is 2.32. The van der Waals surface area contributed by atoms with E-state index in [0.717, 1.165) is 19.4 Å². The molecular formula is C12H18N6O. The lowest BCUT2D eigenvalue weighted by Crippen LogP contribution is -2.31. The van der Waals surface area contributed by atoms with Crippen LogP contribution in [0.25, 0.3) is 11.6 Å². The molecule has 2 aromatic rings. The lowest BCUT2D eigenvalue weighted by molar-refractivity contribution is 0.330. The van der Waals surface area contributed by atoms with Crippen LogP contribution in [0.3, 0.4) is 0 Å². The molecule has 102 valence electrons. The molecule has 0 aliphatic heterocycles. The average Bonchev–Trinajstić information content (AvgIpc) is 3.14. The van der Waals surface area contributed by atoms with Gasteiger partial charge >= 0.3 is 0 Å². The summed E-state index contributed by atoms with van der Waals surface area (Å²) in [6.45, 7) is 3.20. The van der Waals surface area contributed by atoms with Gasteiger partial charge in [-0.15, -0.1) is 0 Å². The molecule has 7 nitrogen and oxygen atoms in total. The van der Waals surface area contributed by atoms with E-state index < -0.39 is 0 Å². The number of hydrogen-bond donors (Lipinski definition) is 2. The van der Waals surface area contributed by atoms with Crippen molar-refractivity contribution in [2.75, 3.05) is 6.54 Å². The maximum absolute atomic E-state index is 5.39. The molecule has 0 saturated heterocycles. The predicted octanol–water partition coefficient (Wildman–Crippen LogP) is 1.49. The topological polar surface area (TPSA) is 92.5 Å². The number of hydrogen-bond acceptors (Lipinski definition) is 6. The first-order chi connectivity index (χ1) is 9.38. The predicted molar refractivity (Wildman–Crippen MR) is 68.3 cm³/mol. The molecule has 2 aromatic heterocycles. The van der Waals surface area contributed by atoms with Gasteiger partial charge in [-0.1, -0.05) is 18.5 Å². The van der Waals surface area contributed by atoms with E-state index in [0.29, 0.717) is 29.5 Å². The van der Waals surface area contributed by atoms with Crippen LogP contribution >= 0.6 is 0 Å². The van der Waals surface area contributed by atoms with Crippen molar-refractivity contribution >= 4 is 0 Å². The molecule has 1 aliphatic carbocycles. The lowest BCUT2D eigenvalue weighted by Gasteiger charge is -2.17. The summed E-state index contributed by atoms with van der Waals surface area (Å²) in [5.41, 5.74) is 0. The van der Waals surface area contributed by atoms with Crippen molar-refractivity contribution in [2.24, 2.45) is 0 Å². The van der Waals surface area contributed by atoms with Gasteiger partial charge in [0.05, 0.1) is 5.92 Å². The highest BCUT2D eigenvalue weighted by Crippen LogP contribution is 2.34. The summed E-state index contributed by atoms with van der Waals surface area (Å²) in [5, 5.41) is 14.1. The van der Waals surface area contributed by atoms with E-state index in [1.807, 2.05) is 0 Å². The number of aromatic nitrogens is 5. The second kappa shape index (κ2) is 5.48. The van der Waals surface area contributed by atoms with E-state index in [4.69, 9.17) is 4.52 Å². The Labute approximate surface area is 111 Å². The summed E-state index contributed by atoms with van der Waals surface area (Å²) in [6.07, 6.45) is 6.04. The Kier molecular flexibility index (Phi) is 3.54. The van der Waals surface area contributed by atoms with E-state index in [2.05, 4.69) is 37.6 Å². The fourth-order valence-corrected chi connectivity index (χ4v) is 2.62. The summed E-state index contributed by atoms with van der Waals surface area (Å²) in [7, 11) is 0. The summed E-state index contributed by atoms with van der Waals surface area (Å²) < 4.78 is 5.39. The lowest BCUT2D eigenvalue weighted by atomic mass is 10.0. The van der Waals surface area contributed by atoms with Gasteiger partial charge in [-0.3, -0.25) is 5.10 Å². The van der Waals surface area contributed by atoms with Gasteiger partial charge in [0.15, 0.2) is 5.82 Å². The zero-order chi connectivity index (χ0) is 13.1. The molecule has 1 saturated carbocycles. The number of nitrogens with zero attached hydrogens (tertiary/aromatic N) is 4. The Balaban J connectivity index is 1.75. The molecule has 2 heterocycles. The third-order valence-corrected chi connectivity index (χ3v) is 3.56. The molecule has 2 N–H and O–H groups in total. The number of aromatic amines is 1. The van der Waals surface area contributed by atoms with Gasteiger partial charge in [-0.2, -0.15) is 10.1 Å². The molecule has 7 heteroatoms. The third kappa shape index (κ3) is 2.51. The summed E-state index contributed by atoms with van der Waals surface area (Å²) in [6, 6.07) is 0.447. The van der Waals surface area contributed by atoms with E-state index in [-0.39, 0.29) is 0 Å². The summed E-state index contributed by atoms with van der Waals surface area (Å²) >= 11 is 0. The van der Waals surface area contributed by atoms with Crippen LogP contribution < -0.4 is 5.32 Å². The number of rotatable bonds is 5. The zero-order valence-corrected chi connectivity index (χ0v) is 11.0. The first-order valence-electron chi connectivity index (χ1n) is 6.81. The first-order valence-corrected chi connectivity index (χ1v) is 6.81. The fraction of sp³-hybridized carbons (Fsp3) is 0.667. The first kappa shape index (κ1) is 12.3. The Morgan fingerprint density at radius 3 is 3.21 bits per heavy atom. The monoisotopic (exact) mass is 262 g/mol. The molecule has 1 aliphatic rings. The molecule has 19 heavy (non-hydrogen) atoms. The van der Waals surface area contributed by atoms with Gasteiger partial charge in [0, 0.05) is 6.04 Å². The van der Waals surface area contributed by atoms with Crippen LogP contribution in [0.2, 0.25) is 0 Å². The fourth-order valence-electron chi connectivity index (χ4n) is 2.62. The largest absolute Gasteiger partial charge is 0.338 e. The van der Waals surface area contributed by atoms with Crippen LogP contribution in [0.5, 0.6) is 0 Å². The van der Waals surface area contributed by atoms with E-state index in [9.17, 15) is 0 Å². The molecule has 3 rings (SSSR count). The van der Waals surface area contributed by atoms with Crippen molar-refractivity contribution in [3.8, 4) is 11.6 Å². The minimum absolute atomic E-state index is 0.315. The maximum atomic E-state index is 5.39. The average molecular weight is 262 g/mol. The van der Waals surface area contributed by atoms with Crippen LogP contribution in [-0.2, 0) is 0 Å². The smallest absolute Gasteiger partial charge is 0.239 e. The van der Waals surface area contributed by atoms with Crippen LogP contribution in [0.4, 0.5) is 0 Å². The van der Waals surface area contributed by atoms with Gasteiger partial charge in [0.1, 0.15) is 6.33 Å². The minimum Gasteiger partial charge on any atom is -0.338 e. The zero-order valence-electron chi connectivity index (χ0n) is 11.0.